The lowest BCUT2D eigenvalue weighted by Gasteiger charge is -2.06. The van der Waals surface area contributed by atoms with Gasteiger partial charge in [0, 0.05) is 9.61 Å². The average molecular weight is 272 g/mol. The summed E-state index contributed by atoms with van der Waals surface area (Å²) in [5, 5.41) is 8.42. The van der Waals surface area contributed by atoms with Crippen LogP contribution < -0.4 is 5.73 Å². The summed E-state index contributed by atoms with van der Waals surface area (Å²) in [6.07, 6.45) is 0.376. The summed E-state index contributed by atoms with van der Waals surface area (Å²) in [5.41, 5.74) is 6.76. The third-order valence-corrected chi connectivity index (χ3v) is 2.33. The molecule has 0 aliphatic heterocycles. The molecule has 1 aromatic rings. The fraction of sp³-hybridized carbons (Fsp3) is 0.222. The molecule has 0 amide bonds. The molecule has 2 nitrogen and oxygen atoms in total. The summed E-state index contributed by atoms with van der Waals surface area (Å²) in [6.45, 7) is 0. The van der Waals surface area contributed by atoms with Gasteiger partial charge in [0.1, 0.15) is 0 Å². The number of halogens is 1. The van der Waals surface area contributed by atoms with Gasteiger partial charge in [-0.15, -0.1) is 0 Å². The second kappa shape index (κ2) is 4.43. The van der Waals surface area contributed by atoms with Crippen LogP contribution >= 0.6 is 22.6 Å². The van der Waals surface area contributed by atoms with Crippen LogP contribution in [0.5, 0.6) is 0 Å². The molecule has 0 aliphatic carbocycles. The van der Waals surface area contributed by atoms with Gasteiger partial charge in [-0.05, 0) is 40.3 Å². The molecule has 62 valence electrons. The normalized spacial score (nSPS) is 12.1. The van der Waals surface area contributed by atoms with E-state index < -0.39 is 0 Å². The highest BCUT2D eigenvalue weighted by Crippen LogP contribution is 2.14. The van der Waals surface area contributed by atoms with Crippen molar-refractivity contribution < 1.29 is 0 Å². The Morgan fingerprint density at radius 2 is 2.00 bits per heavy atom. The summed E-state index contributed by atoms with van der Waals surface area (Å²) >= 11 is 2.24. The molecule has 0 aliphatic rings. The predicted octanol–water partition coefficient (Wildman–Crippen LogP) is 2.20. The van der Waals surface area contributed by atoms with Crippen molar-refractivity contribution in [1.82, 2.24) is 0 Å². The van der Waals surface area contributed by atoms with Gasteiger partial charge in [-0.25, -0.2) is 0 Å². The van der Waals surface area contributed by atoms with Gasteiger partial charge in [-0.2, -0.15) is 5.26 Å². The van der Waals surface area contributed by atoms with E-state index in [4.69, 9.17) is 11.0 Å². The van der Waals surface area contributed by atoms with E-state index in [-0.39, 0.29) is 6.04 Å². The van der Waals surface area contributed by atoms with Gasteiger partial charge in [0.15, 0.2) is 0 Å². The third-order valence-electron chi connectivity index (χ3n) is 1.61. The SMILES string of the molecule is N#CC[C@H](N)c1ccc(I)cc1. The molecule has 0 radical (unpaired) electrons. The lowest BCUT2D eigenvalue weighted by Crippen LogP contribution is -2.08. The summed E-state index contributed by atoms with van der Waals surface area (Å²) < 4.78 is 1.18. The van der Waals surface area contributed by atoms with Crippen LogP contribution in [0.1, 0.15) is 18.0 Å². The molecule has 0 aromatic heterocycles. The Morgan fingerprint density at radius 3 is 2.50 bits per heavy atom. The number of nitrogens with zero attached hydrogens (tertiary/aromatic N) is 1. The summed E-state index contributed by atoms with van der Waals surface area (Å²) in [4.78, 5) is 0. The minimum absolute atomic E-state index is 0.146. The molecule has 0 saturated heterocycles. The van der Waals surface area contributed by atoms with E-state index in [0.29, 0.717) is 6.42 Å². The lowest BCUT2D eigenvalue weighted by atomic mass is 10.1. The van der Waals surface area contributed by atoms with E-state index >= 15 is 0 Å². The Balaban J connectivity index is 2.76. The fourth-order valence-corrected chi connectivity index (χ4v) is 1.29. The molecular formula is C9H9IN2. The molecule has 0 saturated carbocycles. The molecule has 0 bridgehead atoms. The zero-order valence-corrected chi connectivity index (χ0v) is 8.65. The van der Waals surface area contributed by atoms with Gasteiger partial charge in [0.05, 0.1) is 12.5 Å². The van der Waals surface area contributed by atoms with Crippen LogP contribution in [-0.2, 0) is 0 Å². The largest absolute Gasteiger partial charge is 0.323 e. The van der Waals surface area contributed by atoms with E-state index in [9.17, 15) is 0 Å². The maximum absolute atomic E-state index is 8.42. The van der Waals surface area contributed by atoms with Crippen molar-refractivity contribution in [2.75, 3.05) is 0 Å². The second-order valence-corrected chi connectivity index (χ2v) is 3.77. The van der Waals surface area contributed by atoms with E-state index in [1.54, 1.807) is 0 Å². The molecule has 1 aromatic carbocycles. The molecule has 0 heterocycles. The lowest BCUT2D eigenvalue weighted by molar-refractivity contribution is 0.748. The van der Waals surface area contributed by atoms with Crippen molar-refractivity contribution in [3.8, 4) is 6.07 Å². The van der Waals surface area contributed by atoms with Gasteiger partial charge >= 0.3 is 0 Å². The minimum Gasteiger partial charge on any atom is -0.323 e. The van der Waals surface area contributed by atoms with Crippen molar-refractivity contribution in [2.24, 2.45) is 5.73 Å². The predicted molar refractivity (Wildman–Crippen MR) is 56.3 cm³/mol. The van der Waals surface area contributed by atoms with Crippen molar-refractivity contribution in [3.63, 3.8) is 0 Å². The highest BCUT2D eigenvalue weighted by Gasteiger charge is 2.03. The first-order valence-corrected chi connectivity index (χ1v) is 4.70. The van der Waals surface area contributed by atoms with Gasteiger partial charge in [0.25, 0.3) is 0 Å². The molecule has 0 unspecified atom stereocenters. The van der Waals surface area contributed by atoms with Gasteiger partial charge < -0.3 is 5.73 Å². The summed E-state index contributed by atoms with van der Waals surface area (Å²) in [7, 11) is 0. The Bertz CT molecular complexity index is 286. The Labute approximate surface area is 85.5 Å². The van der Waals surface area contributed by atoms with Crippen LogP contribution in [0, 0.1) is 14.9 Å². The van der Waals surface area contributed by atoms with Crippen LogP contribution in [0.15, 0.2) is 24.3 Å². The molecule has 0 fully saturated rings. The molecule has 2 N–H and O–H groups in total. The fourth-order valence-electron chi connectivity index (χ4n) is 0.926. The van der Waals surface area contributed by atoms with Crippen molar-refractivity contribution in [1.29, 1.82) is 5.26 Å². The Hall–Kier alpha value is -0.600. The summed E-state index contributed by atoms with van der Waals surface area (Å²) in [6, 6.07) is 9.82. The van der Waals surface area contributed by atoms with Crippen molar-refractivity contribution in [3.05, 3.63) is 33.4 Å². The van der Waals surface area contributed by atoms with Crippen molar-refractivity contribution >= 4 is 22.6 Å². The first kappa shape index (κ1) is 9.49. The van der Waals surface area contributed by atoms with E-state index in [0.717, 1.165) is 5.56 Å². The maximum Gasteiger partial charge on any atom is 0.0641 e. The van der Waals surface area contributed by atoms with Crippen LogP contribution in [0.4, 0.5) is 0 Å². The number of hydrogen-bond acceptors (Lipinski definition) is 2. The monoisotopic (exact) mass is 272 g/mol. The smallest absolute Gasteiger partial charge is 0.0641 e. The summed E-state index contributed by atoms with van der Waals surface area (Å²) in [5.74, 6) is 0. The number of hydrogen-bond donors (Lipinski definition) is 1. The van der Waals surface area contributed by atoms with Crippen LogP contribution in [-0.4, -0.2) is 0 Å². The molecule has 12 heavy (non-hydrogen) atoms. The topological polar surface area (TPSA) is 49.8 Å². The second-order valence-electron chi connectivity index (χ2n) is 2.52. The highest BCUT2D eigenvalue weighted by molar-refractivity contribution is 14.1. The number of benzene rings is 1. The zero-order chi connectivity index (χ0) is 8.97. The van der Waals surface area contributed by atoms with Crippen LogP contribution in [0.3, 0.4) is 0 Å². The standard InChI is InChI=1S/C9H9IN2/c10-8-3-1-7(2-4-8)9(12)5-6-11/h1-4,9H,5,12H2/t9-/m0/s1. The average Bonchev–Trinajstić information content (AvgIpc) is 2.06. The van der Waals surface area contributed by atoms with Gasteiger partial charge in [0.2, 0.25) is 0 Å². The number of nitriles is 1. The third kappa shape index (κ3) is 2.47. The number of nitrogens with two attached hydrogens (primary N) is 1. The molecular weight excluding hydrogens is 263 g/mol. The van der Waals surface area contributed by atoms with E-state index in [1.807, 2.05) is 24.3 Å². The molecule has 3 heteroatoms. The quantitative estimate of drug-likeness (QED) is 0.839. The van der Waals surface area contributed by atoms with Gasteiger partial charge in [-0.1, -0.05) is 12.1 Å². The Morgan fingerprint density at radius 1 is 1.42 bits per heavy atom. The number of rotatable bonds is 2. The van der Waals surface area contributed by atoms with Crippen LogP contribution in [0.2, 0.25) is 0 Å². The van der Waals surface area contributed by atoms with E-state index in [1.165, 1.54) is 3.57 Å². The zero-order valence-electron chi connectivity index (χ0n) is 6.50. The highest BCUT2D eigenvalue weighted by atomic mass is 127. The van der Waals surface area contributed by atoms with E-state index in [2.05, 4.69) is 28.7 Å². The van der Waals surface area contributed by atoms with Gasteiger partial charge in [-0.3, -0.25) is 0 Å². The first-order chi connectivity index (χ1) is 5.74. The van der Waals surface area contributed by atoms with Crippen LogP contribution in [0.25, 0.3) is 0 Å². The minimum atomic E-state index is -0.146. The Kier molecular flexibility index (Phi) is 3.50. The molecule has 1 atom stereocenters. The maximum atomic E-state index is 8.42. The molecule has 1 rings (SSSR count). The van der Waals surface area contributed by atoms with Crippen molar-refractivity contribution in [2.45, 2.75) is 12.5 Å². The first-order valence-electron chi connectivity index (χ1n) is 3.62. The molecule has 0 spiro atoms.